The number of carbonyl (C=O) groups excluding carboxylic acids is 1. The predicted molar refractivity (Wildman–Crippen MR) is 62.7 cm³/mol. The lowest BCUT2D eigenvalue weighted by atomic mass is 10.2. The van der Waals surface area contributed by atoms with Crippen LogP contribution in [0.3, 0.4) is 0 Å². The average molecular weight is 256 g/mol. The monoisotopic (exact) mass is 255 g/mol. The van der Waals surface area contributed by atoms with Crippen molar-refractivity contribution in [1.29, 1.82) is 0 Å². The highest BCUT2D eigenvalue weighted by Crippen LogP contribution is 2.32. The van der Waals surface area contributed by atoms with Crippen molar-refractivity contribution in [3.63, 3.8) is 0 Å². The normalized spacial score (nSPS) is 16.6. The largest absolute Gasteiger partial charge is 0.391 e. The Morgan fingerprint density at radius 3 is 3.00 bits per heavy atom. The maximum Gasteiger partial charge on any atom is 0.273 e. The minimum atomic E-state index is -0.454. The number of hydrogen-bond donors (Lipinski definition) is 1. The summed E-state index contributed by atoms with van der Waals surface area (Å²) in [4.78, 5) is 21.0. The molecule has 0 bridgehead atoms. The lowest BCUT2D eigenvalue weighted by Gasteiger charge is -2.20. The second-order valence-electron chi connectivity index (χ2n) is 4.31. The molecule has 1 fully saturated rings. The van der Waals surface area contributed by atoms with E-state index >= 15 is 0 Å². The van der Waals surface area contributed by atoms with Gasteiger partial charge in [-0.05, 0) is 18.8 Å². The van der Waals surface area contributed by atoms with Crippen molar-refractivity contribution in [3.05, 3.63) is 23.2 Å². The van der Waals surface area contributed by atoms with E-state index in [1.54, 1.807) is 7.05 Å². The molecular formula is C11H14ClN3O2. The quantitative estimate of drug-likeness (QED) is 0.871. The molecule has 1 amide bonds. The molecule has 1 heterocycles. The Kier molecular flexibility index (Phi) is 3.59. The summed E-state index contributed by atoms with van der Waals surface area (Å²) in [7, 11) is 1.63. The summed E-state index contributed by atoms with van der Waals surface area (Å²) < 4.78 is 0. The Morgan fingerprint density at radius 1 is 1.71 bits per heavy atom. The van der Waals surface area contributed by atoms with Crippen LogP contribution in [0.25, 0.3) is 0 Å². The fourth-order valence-corrected chi connectivity index (χ4v) is 1.83. The molecule has 1 atom stereocenters. The van der Waals surface area contributed by atoms with E-state index in [1.807, 2.05) is 0 Å². The smallest absolute Gasteiger partial charge is 0.273 e. The average Bonchev–Trinajstić information content (AvgIpc) is 3.12. The Bertz CT molecular complexity index is 423. The third kappa shape index (κ3) is 2.92. The zero-order valence-electron chi connectivity index (χ0n) is 9.51. The third-order valence-corrected chi connectivity index (χ3v) is 3.12. The van der Waals surface area contributed by atoms with Crippen LogP contribution >= 0.6 is 11.6 Å². The van der Waals surface area contributed by atoms with Gasteiger partial charge in [-0.2, -0.15) is 0 Å². The maximum absolute atomic E-state index is 12.0. The molecule has 1 aromatic rings. The third-order valence-electron chi connectivity index (χ3n) is 2.84. The molecule has 1 aromatic heterocycles. The van der Waals surface area contributed by atoms with E-state index in [4.69, 9.17) is 11.6 Å². The first-order chi connectivity index (χ1) is 8.09. The second kappa shape index (κ2) is 4.98. The second-order valence-corrected chi connectivity index (χ2v) is 4.72. The first kappa shape index (κ1) is 12.3. The highest BCUT2D eigenvalue weighted by molar-refractivity contribution is 6.33. The van der Waals surface area contributed by atoms with Crippen LogP contribution in [-0.4, -0.2) is 45.6 Å². The van der Waals surface area contributed by atoms with E-state index in [2.05, 4.69) is 9.97 Å². The number of halogens is 1. The summed E-state index contributed by atoms with van der Waals surface area (Å²) in [6.45, 7) is 0.309. The number of carbonyl (C=O) groups is 1. The van der Waals surface area contributed by atoms with Crippen LogP contribution in [0, 0.1) is 5.92 Å². The fourth-order valence-electron chi connectivity index (χ4n) is 1.64. The van der Waals surface area contributed by atoms with Crippen LogP contribution in [0.15, 0.2) is 12.5 Å². The highest BCUT2D eigenvalue weighted by atomic mass is 35.5. The molecule has 0 aromatic carbocycles. The summed E-state index contributed by atoms with van der Waals surface area (Å²) in [5.74, 6) is 0.0446. The molecule has 1 saturated carbocycles. The Morgan fingerprint density at radius 2 is 2.41 bits per heavy atom. The van der Waals surface area contributed by atoms with Gasteiger partial charge in [0.1, 0.15) is 12.0 Å². The van der Waals surface area contributed by atoms with Gasteiger partial charge in [0, 0.05) is 19.8 Å². The molecule has 0 radical (unpaired) electrons. The van der Waals surface area contributed by atoms with Crippen LogP contribution in [0.5, 0.6) is 0 Å². The summed E-state index contributed by atoms with van der Waals surface area (Å²) in [6.07, 6.45) is 4.29. The Hall–Kier alpha value is -1.20. The molecule has 1 unspecified atom stereocenters. The van der Waals surface area contributed by atoms with Gasteiger partial charge in [-0.25, -0.2) is 9.97 Å². The van der Waals surface area contributed by atoms with E-state index in [1.165, 1.54) is 17.4 Å². The van der Waals surface area contributed by atoms with E-state index in [0.717, 1.165) is 12.8 Å². The lowest BCUT2D eigenvalue weighted by Crippen LogP contribution is -2.35. The molecule has 0 aliphatic heterocycles. The van der Waals surface area contributed by atoms with Crippen molar-refractivity contribution in [2.24, 2.45) is 5.92 Å². The molecule has 0 saturated heterocycles. The Labute approximate surface area is 104 Å². The predicted octanol–water partition coefficient (Wildman–Crippen LogP) is 0.973. The highest BCUT2D eigenvalue weighted by Gasteiger charge is 2.31. The van der Waals surface area contributed by atoms with Crippen LogP contribution in [0.2, 0.25) is 5.02 Å². The van der Waals surface area contributed by atoms with Crippen molar-refractivity contribution in [3.8, 4) is 0 Å². The molecule has 1 aliphatic carbocycles. The standard InChI is InChI=1S/C11H14ClN3O2/c1-15(5-9(16)7-2-3-7)11(17)10-8(12)4-13-6-14-10/h4,6-7,9,16H,2-3,5H2,1H3. The lowest BCUT2D eigenvalue weighted by molar-refractivity contribution is 0.0640. The first-order valence-electron chi connectivity index (χ1n) is 5.48. The molecule has 1 aliphatic rings. The molecule has 2 rings (SSSR count). The maximum atomic E-state index is 12.0. The zero-order chi connectivity index (χ0) is 12.4. The van der Waals surface area contributed by atoms with E-state index in [9.17, 15) is 9.90 Å². The number of likely N-dealkylation sites (N-methyl/N-ethyl adjacent to an activating group) is 1. The van der Waals surface area contributed by atoms with E-state index in [-0.39, 0.29) is 16.6 Å². The zero-order valence-corrected chi connectivity index (χ0v) is 10.3. The molecule has 92 valence electrons. The van der Waals surface area contributed by atoms with Crippen molar-refractivity contribution in [2.75, 3.05) is 13.6 Å². The summed E-state index contributed by atoms with van der Waals surface area (Å²) in [5.41, 5.74) is 0.173. The van der Waals surface area contributed by atoms with Gasteiger partial charge in [-0.15, -0.1) is 0 Å². The van der Waals surface area contributed by atoms with Gasteiger partial charge in [0.05, 0.1) is 11.1 Å². The van der Waals surface area contributed by atoms with Crippen LogP contribution in [-0.2, 0) is 0 Å². The van der Waals surface area contributed by atoms with Crippen molar-refractivity contribution < 1.29 is 9.90 Å². The van der Waals surface area contributed by atoms with Gasteiger partial charge in [0.15, 0.2) is 0 Å². The number of aliphatic hydroxyl groups excluding tert-OH is 1. The van der Waals surface area contributed by atoms with Gasteiger partial charge in [-0.1, -0.05) is 11.6 Å². The van der Waals surface area contributed by atoms with E-state index < -0.39 is 6.10 Å². The van der Waals surface area contributed by atoms with Gasteiger partial charge in [-0.3, -0.25) is 4.79 Å². The van der Waals surface area contributed by atoms with Crippen LogP contribution in [0.4, 0.5) is 0 Å². The first-order valence-corrected chi connectivity index (χ1v) is 5.86. The van der Waals surface area contributed by atoms with Crippen molar-refractivity contribution in [2.45, 2.75) is 18.9 Å². The number of nitrogens with zero attached hydrogens (tertiary/aromatic N) is 3. The minimum absolute atomic E-state index is 0.173. The molecule has 5 nitrogen and oxygen atoms in total. The molecule has 17 heavy (non-hydrogen) atoms. The fraction of sp³-hybridized carbons (Fsp3) is 0.545. The van der Waals surface area contributed by atoms with E-state index in [0.29, 0.717) is 12.5 Å². The summed E-state index contributed by atoms with van der Waals surface area (Å²) >= 11 is 5.84. The van der Waals surface area contributed by atoms with Gasteiger partial charge < -0.3 is 10.0 Å². The van der Waals surface area contributed by atoms with Gasteiger partial charge in [0.25, 0.3) is 5.91 Å². The number of hydrogen-bond acceptors (Lipinski definition) is 4. The number of rotatable bonds is 4. The number of aromatic nitrogens is 2. The summed E-state index contributed by atoms with van der Waals surface area (Å²) in [5, 5.41) is 9.99. The molecular weight excluding hydrogens is 242 g/mol. The van der Waals surface area contributed by atoms with Gasteiger partial charge >= 0.3 is 0 Å². The van der Waals surface area contributed by atoms with Crippen molar-refractivity contribution >= 4 is 17.5 Å². The SMILES string of the molecule is CN(CC(O)C1CC1)C(=O)c1ncncc1Cl. The summed E-state index contributed by atoms with van der Waals surface area (Å²) in [6, 6.07) is 0. The topological polar surface area (TPSA) is 66.3 Å². The van der Waals surface area contributed by atoms with Gasteiger partial charge in [0.2, 0.25) is 0 Å². The van der Waals surface area contributed by atoms with Crippen LogP contribution < -0.4 is 0 Å². The molecule has 6 heteroatoms. The Balaban J connectivity index is 2.01. The molecule has 0 spiro atoms. The number of amides is 1. The minimum Gasteiger partial charge on any atom is -0.391 e. The molecule has 1 N–H and O–H groups in total. The number of aliphatic hydroxyl groups is 1. The van der Waals surface area contributed by atoms with Crippen LogP contribution in [0.1, 0.15) is 23.3 Å². The van der Waals surface area contributed by atoms with Crippen molar-refractivity contribution in [1.82, 2.24) is 14.9 Å².